The number of rotatable bonds is 2. The summed E-state index contributed by atoms with van der Waals surface area (Å²) in [5.41, 5.74) is 21.9. The molecule has 3 nitrogen and oxygen atoms in total. The minimum absolute atomic E-state index is 0.000676. The van der Waals surface area contributed by atoms with Gasteiger partial charge in [0.2, 0.25) is 0 Å². The molecule has 0 atom stereocenters. The van der Waals surface area contributed by atoms with Gasteiger partial charge in [0.15, 0.2) is 5.69 Å². The third-order valence-corrected chi connectivity index (χ3v) is 12.9. The van der Waals surface area contributed by atoms with Crippen LogP contribution in [-0.4, -0.2) is 11.3 Å². The average molecular weight is 758 g/mol. The quantitative estimate of drug-likeness (QED) is 0.138. The van der Waals surface area contributed by atoms with Gasteiger partial charge in [-0.3, -0.25) is 0 Å². The first-order valence-electron chi connectivity index (χ1n) is 21.0. The summed E-state index contributed by atoms with van der Waals surface area (Å²) in [5, 5.41) is 6.77. The Morgan fingerprint density at radius 3 is 1.84 bits per heavy atom. The molecule has 4 heteroatoms. The molecule has 290 valence electrons. The number of aromatic nitrogens is 1. The molecular weight excluding hydrogens is 701 g/mol. The van der Waals surface area contributed by atoms with Crippen LogP contribution in [0.3, 0.4) is 0 Å². The molecule has 58 heavy (non-hydrogen) atoms. The molecule has 0 amide bonds. The summed E-state index contributed by atoms with van der Waals surface area (Å²) in [5.74, 6) is 0. The van der Waals surface area contributed by atoms with Gasteiger partial charge in [-0.15, -0.1) is 0 Å². The van der Waals surface area contributed by atoms with Crippen molar-refractivity contribution in [3.63, 3.8) is 0 Å². The Hall–Kier alpha value is -5.53. The van der Waals surface area contributed by atoms with Crippen molar-refractivity contribution in [1.82, 2.24) is 4.57 Å². The topological polar surface area (TPSA) is 21.3 Å². The predicted octanol–water partition coefficient (Wildman–Crippen LogP) is 13.1. The molecule has 1 aromatic heterocycles. The van der Waals surface area contributed by atoms with Gasteiger partial charge in [0.25, 0.3) is 6.71 Å². The Labute approximate surface area is 346 Å². The lowest BCUT2D eigenvalue weighted by molar-refractivity contribution is 0.589. The first kappa shape index (κ1) is 38.0. The van der Waals surface area contributed by atoms with Gasteiger partial charge < -0.3 is 9.88 Å². The molecular formula is C54H56BN3. The zero-order valence-electron chi connectivity index (χ0n) is 36.7. The molecule has 3 heterocycles. The highest BCUT2D eigenvalue weighted by molar-refractivity contribution is 7.00. The minimum Gasteiger partial charge on any atom is -0.356 e. The second kappa shape index (κ2) is 12.5. The molecule has 1 N–H and O–H groups in total. The zero-order valence-corrected chi connectivity index (χ0v) is 36.7. The summed E-state index contributed by atoms with van der Waals surface area (Å²) in [7, 11) is 0. The van der Waals surface area contributed by atoms with Crippen LogP contribution in [0, 0.1) is 13.5 Å². The summed E-state index contributed by atoms with van der Waals surface area (Å²) >= 11 is 0. The van der Waals surface area contributed by atoms with Gasteiger partial charge in [-0.25, -0.2) is 4.85 Å². The Balaban J connectivity index is 1.47. The van der Waals surface area contributed by atoms with Gasteiger partial charge in [0.05, 0.1) is 12.1 Å². The molecule has 0 unspecified atom stereocenters. The number of hydrogen-bond acceptors (Lipinski definition) is 1. The first-order chi connectivity index (χ1) is 27.1. The van der Waals surface area contributed by atoms with E-state index in [1.165, 1.54) is 88.5 Å². The monoisotopic (exact) mass is 757 g/mol. The number of nitrogens with one attached hydrogen (secondary N) is 1. The van der Waals surface area contributed by atoms with Gasteiger partial charge >= 0.3 is 0 Å². The van der Waals surface area contributed by atoms with Crippen molar-refractivity contribution < 1.29 is 0 Å². The van der Waals surface area contributed by atoms with Crippen LogP contribution in [-0.2, 0) is 21.7 Å². The van der Waals surface area contributed by atoms with Crippen molar-refractivity contribution in [1.29, 1.82) is 0 Å². The summed E-state index contributed by atoms with van der Waals surface area (Å²) in [6.45, 7) is 38.1. The number of fused-ring (bicyclic) bond motifs is 7. The van der Waals surface area contributed by atoms with E-state index in [-0.39, 0.29) is 28.4 Å². The van der Waals surface area contributed by atoms with Crippen LogP contribution in [0.15, 0.2) is 97.1 Å². The maximum atomic E-state index is 7.84. The van der Waals surface area contributed by atoms with Crippen LogP contribution >= 0.6 is 0 Å². The second-order valence-electron chi connectivity index (χ2n) is 21.2. The Morgan fingerprint density at radius 1 is 0.569 bits per heavy atom. The number of aryl methyl sites for hydroxylation is 1. The van der Waals surface area contributed by atoms with Crippen molar-refractivity contribution in [2.45, 2.75) is 112 Å². The van der Waals surface area contributed by atoms with E-state index in [9.17, 15) is 0 Å². The molecule has 2 aliphatic heterocycles. The predicted molar refractivity (Wildman–Crippen MR) is 252 cm³/mol. The Bertz CT molecular complexity index is 2920. The summed E-state index contributed by atoms with van der Waals surface area (Å²) in [6, 6.07) is 37.0. The normalized spacial score (nSPS) is 13.7. The lowest BCUT2D eigenvalue weighted by atomic mass is 9.33. The number of nitrogens with zero attached hydrogens (tertiary/aromatic N) is 2. The van der Waals surface area contributed by atoms with E-state index in [4.69, 9.17) is 6.57 Å². The van der Waals surface area contributed by atoms with Gasteiger partial charge in [-0.2, -0.15) is 0 Å². The smallest absolute Gasteiger partial charge is 0.252 e. The molecule has 7 aromatic rings. The first-order valence-corrected chi connectivity index (χ1v) is 21.0. The van der Waals surface area contributed by atoms with Crippen LogP contribution in [0.2, 0.25) is 0 Å². The number of benzene rings is 6. The van der Waals surface area contributed by atoms with Crippen molar-refractivity contribution in [3.05, 3.63) is 136 Å². The third kappa shape index (κ3) is 5.92. The van der Waals surface area contributed by atoms with E-state index in [1.54, 1.807) is 0 Å². The summed E-state index contributed by atoms with van der Waals surface area (Å²) in [6.07, 6.45) is 0. The van der Waals surface area contributed by atoms with E-state index >= 15 is 0 Å². The van der Waals surface area contributed by atoms with Gasteiger partial charge in [-0.1, -0.05) is 138 Å². The maximum absolute atomic E-state index is 7.84. The lowest BCUT2D eigenvalue weighted by Gasteiger charge is -2.37. The van der Waals surface area contributed by atoms with Gasteiger partial charge in [0, 0.05) is 38.9 Å². The Kier molecular flexibility index (Phi) is 8.19. The highest BCUT2D eigenvalue weighted by Gasteiger charge is 2.42. The Morgan fingerprint density at radius 2 is 1.17 bits per heavy atom. The molecule has 0 saturated carbocycles. The van der Waals surface area contributed by atoms with Crippen molar-refractivity contribution in [2.75, 3.05) is 5.32 Å². The van der Waals surface area contributed by atoms with Crippen LogP contribution in [0.4, 0.5) is 17.1 Å². The van der Waals surface area contributed by atoms with E-state index in [2.05, 4.69) is 184 Å². The summed E-state index contributed by atoms with van der Waals surface area (Å²) in [4.78, 5) is 3.82. The van der Waals surface area contributed by atoms with Crippen LogP contribution in [0.1, 0.15) is 111 Å². The van der Waals surface area contributed by atoms with Gasteiger partial charge in [0.1, 0.15) is 0 Å². The van der Waals surface area contributed by atoms with Crippen LogP contribution < -0.4 is 21.7 Å². The van der Waals surface area contributed by atoms with E-state index in [0.29, 0.717) is 5.69 Å². The molecule has 0 fully saturated rings. The fraction of sp³-hybridized carbons (Fsp3) is 0.315. The minimum atomic E-state index is -0.0737. The van der Waals surface area contributed by atoms with E-state index in [0.717, 1.165) is 16.8 Å². The molecule has 0 bridgehead atoms. The van der Waals surface area contributed by atoms with Crippen LogP contribution in [0.25, 0.3) is 54.6 Å². The van der Waals surface area contributed by atoms with Crippen LogP contribution in [0.5, 0.6) is 0 Å². The molecule has 0 spiro atoms. The third-order valence-electron chi connectivity index (χ3n) is 12.9. The molecule has 0 radical (unpaired) electrons. The largest absolute Gasteiger partial charge is 0.356 e. The van der Waals surface area contributed by atoms with Crippen molar-refractivity contribution >= 4 is 62.0 Å². The molecule has 6 aromatic carbocycles. The van der Waals surface area contributed by atoms with E-state index < -0.39 is 0 Å². The maximum Gasteiger partial charge on any atom is 0.252 e. The highest BCUT2D eigenvalue weighted by Crippen LogP contribution is 2.44. The highest BCUT2D eigenvalue weighted by atomic mass is 15.0. The van der Waals surface area contributed by atoms with Crippen molar-refractivity contribution in [3.8, 4) is 27.9 Å². The number of hydrogen-bond donors (Lipinski definition) is 1. The molecule has 0 aliphatic carbocycles. The fourth-order valence-corrected chi connectivity index (χ4v) is 9.37. The molecule has 0 saturated heterocycles. The number of anilines is 2. The second-order valence-corrected chi connectivity index (χ2v) is 21.2. The lowest BCUT2D eigenvalue weighted by Crippen LogP contribution is -2.59. The fourth-order valence-electron chi connectivity index (χ4n) is 9.37. The summed E-state index contributed by atoms with van der Waals surface area (Å²) < 4.78 is 2.56. The molecule has 9 rings (SSSR count). The molecule has 2 aliphatic rings. The average Bonchev–Trinajstić information content (AvgIpc) is 3.48. The zero-order chi connectivity index (χ0) is 41.4. The standard InChI is InChI=1S/C54H56BN3/c1-31-18-19-34(51(2,3)4)25-39(31)41-27-36(53(8,9)10)29-43-49(41)57-45-23-33(32-16-15-17-38(22-32)56-14)24-47-48(45)55(43)44-30-37(54(11,12)13)28-42-40-26-35(52(5,6)7)20-21-46(40)58(47)50(42)44/h15-30,57H,1-13H3. The van der Waals surface area contributed by atoms with E-state index in [1.807, 2.05) is 18.2 Å². The van der Waals surface area contributed by atoms with Gasteiger partial charge in [-0.05, 0) is 132 Å². The van der Waals surface area contributed by atoms with Crippen molar-refractivity contribution in [2.24, 2.45) is 0 Å². The SMILES string of the molecule is [C-]#[N+]c1cccc(-c2cc3c4c(c2)-n2c5ccc(C(C)(C)C)cc5c5cc(C(C)(C)C)cc(c52)B4c2cc(C(C)(C)C)cc(-c4cc(C(C)(C)C)ccc4C)c2N3)c1.